The Hall–Kier alpha value is -2.20. The monoisotopic (exact) mass is 293 g/mol. The van der Waals surface area contributed by atoms with Gasteiger partial charge in [-0.3, -0.25) is 14.7 Å². The molecule has 2 aromatic rings. The lowest BCUT2D eigenvalue weighted by Gasteiger charge is -2.22. The average Bonchev–Trinajstić information content (AvgIpc) is 3.04. The highest BCUT2D eigenvalue weighted by molar-refractivity contribution is 6.06. The van der Waals surface area contributed by atoms with Gasteiger partial charge in [-0.1, -0.05) is 24.3 Å². The van der Waals surface area contributed by atoms with Gasteiger partial charge in [-0.05, 0) is 37.1 Å². The second-order valence-electron chi connectivity index (χ2n) is 6.31. The zero-order chi connectivity index (χ0) is 15.2. The third-order valence-corrected chi connectivity index (χ3v) is 4.81. The molecule has 1 N–H and O–H groups in total. The van der Waals surface area contributed by atoms with Gasteiger partial charge in [-0.25, -0.2) is 0 Å². The van der Waals surface area contributed by atoms with Gasteiger partial charge >= 0.3 is 0 Å². The van der Waals surface area contributed by atoms with Gasteiger partial charge < -0.3 is 5.32 Å². The Balaban J connectivity index is 1.59. The predicted molar refractivity (Wildman–Crippen MR) is 85.6 cm³/mol. The fourth-order valence-corrected chi connectivity index (χ4v) is 3.72. The number of amides is 1. The predicted octanol–water partition coefficient (Wildman–Crippen LogP) is 2.49. The van der Waals surface area contributed by atoms with Gasteiger partial charge in [-0.15, -0.1) is 0 Å². The molecule has 1 saturated heterocycles. The SMILES string of the molecule is Cc1cccc(CN2CC[C@@]3(C2)C(=O)Nc2ccccc23)n1. The number of hydrogen-bond donors (Lipinski definition) is 1. The molecule has 0 aliphatic carbocycles. The Morgan fingerprint density at radius 1 is 1.23 bits per heavy atom. The summed E-state index contributed by atoms with van der Waals surface area (Å²) in [6, 6.07) is 14.2. The lowest BCUT2D eigenvalue weighted by atomic mass is 9.81. The van der Waals surface area contributed by atoms with Gasteiger partial charge in [0.05, 0.1) is 11.1 Å². The van der Waals surface area contributed by atoms with E-state index < -0.39 is 0 Å². The summed E-state index contributed by atoms with van der Waals surface area (Å²) in [6.45, 7) is 4.51. The molecule has 4 nitrogen and oxygen atoms in total. The van der Waals surface area contributed by atoms with Gasteiger partial charge in [0.15, 0.2) is 0 Å². The third-order valence-electron chi connectivity index (χ3n) is 4.81. The third kappa shape index (κ3) is 2.03. The van der Waals surface area contributed by atoms with Crippen LogP contribution in [0.4, 0.5) is 5.69 Å². The van der Waals surface area contributed by atoms with Crippen LogP contribution in [0.5, 0.6) is 0 Å². The molecular weight excluding hydrogens is 274 g/mol. The number of benzene rings is 1. The number of likely N-dealkylation sites (tertiary alicyclic amines) is 1. The fraction of sp³-hybridized carbons (Fsp3) is 0.333. The van der Waals surface area contributed by atoms with Crippen LogP contribution in [-0.4, -0.2) is 28.9 Å². The Morgan fingerprint density at radius 2 is 2.09 bits per heavy atom. The first-order chi connectivity index (χ1) is 10.7. The lowest BCUT2D eigenvalue weighted by molar-refractivity contribution is -0.120. The highest BCUT2D eigenvalue weighted by Gasteiger charge is 2.50. The van der Waals surface area contributed by atoms with Crippen molar-refractivity contribution in [2.75, 3.05) is 18.4 Å². The minimum Gasteiger partial charge on any atom is -0.325 e. The molecule has 2 aliphatic rings. The number of carbonyl (C=O) groups excluding carboxylic acids is 1. The normalized spacial score (nSPS) is 23.8. The first kappa shape index (κ1) is 13.5. The maximum atomic E-state index is 12.6. The Labute approximate surface area is 130 Å². The molecule has 1 aromatic carbocycles. The van der Waals surface area contributed by atoms with E-state index in [1.807, 2.05) is 37.3 Å². The first-order valence-electron chi connectivity index (χ1n) is 7.73. The number of aromatic nitrogens is 1. The number of rotatable bonds is 2. The summed E-state index contributed by atoms with van der Waals surface area (Å²) in [6.07, 6.45) is 0.877. The van der Waals surface area contributed by atoms with E-state index in [-0.39, 0.29) is 11.3 Å². The first-order valence-corrected chi connectivity index (χ1v) is 7.73. The van der Waals surface area contributed by atoms with Crippen LogP contribution in [0.1, 0.15) is 23.4 Å². The van der Waals surface area contributed by atoms with E-state index in [1.54, 1.807) is 0 Å². The number of fused-ring (bicyclic) bond motifs is 2. The molecule has 1 atom stereocenters. The molecule has 112 valence electrons. The molecule has 3 heterocycles. The summed E-state index contributed by atoms with van der Waals surface area (Å²) >= 11 is 0. The minimum absolute atomic E-state index is 0.147. The van der Waals surface area contributed by atoms with E-state index in [0.29, 0.717) is 0 Å². The van der Waals surface area contributed by atoms with Crippen molar-refractivity contribution in [1.29, 1.82) is 0 Å². The summed E-state index contributed by atoms with van der Waals surface area (Å²) in [5.74, 6) is 0.147. The van der Waals surface area contributed by atoms with Gasteiger partial charge in [-0.2, -0.15) is 0 Å². The number of pyridine rings is 1. The van der Waals surface area contributed by atoms with Crippen LogP contribution in [0.2, 0.25) is 0 Å². The van der Waals surface area contributed by atoms with Crippen molar-refractivity contribution in [3.8, 4) is 0 Å². The van der Waals surface area contributed by atoms with Crippen LogP contribution in [-0.2, 0) is 16.8 Å². The van der Waals surface area contributed by atoms with Crippen molar-refractivity contribution >= 4 is 11.6 Å². The van der Waals surface area contributed by atoms with Crippen LogP contribution in [0.25, 0.3) is 0 Å². The lowest BCUT2D eigenvalue weighted by Crippen LogP contribution is -2.37. The van der Waals surface area contributed by atoms with Crippen LogP contribution >= 0.6 is 0 Å². The smallest absolute Gasteiger partial charge is 0.236 e. The van der Waals surface area contributed by atoms with Crippen LogP contribution in [0.15, 0.2) is 42.5 Å². The quantitative estimate of drug-likeness (QED) is 0.925. The number of anilines is 1. The fourth-order valence-electron chi connectivity index (χ4n) is 3.72. The van der Waals surface area contributed by atoms with E-state index in [2.05, 4.69) is 27.3 Å². The van der Waals surface area contributed by atoms with Crippen molar-refractivity contribution in [1.82, 2.24) is 9.88 Å². The molecule has 22 heavy (non-hydrogen) atoms. The maximum absolute atomic E-state index is 12.6. The molecule has 0 radical (unpaired) electrons. The van der Waals surface area contributed by atoms with Gasteiger partial charge in [0.2, 0.25) is 5.91 Å². The van der Waals surface area contributed by atoms with Crippen molar-refractivity contribution in [3.05, 3.63) is 59.4 Å². The molecule has 0 saturated carbocycles. The molecule has 2 aliphatic heterocycles. The van der Waals surface area contributed by atoms with E-state index in [4.69, 9.17) is 0 Å². The summed E-state index contributed by atoms with van der Waals surface area (Å²) < 4.78 is 0. The molecule has 0 unspecified atom stereocenters. The number of nitrogens with zero attached hydrogens (tertiary/aromatic N) is 2. The van der Waals surface area contributed by atoms with E-state index in [9.17, 15) is 4.79 Å². The van der Waals surface area contributed by atoms with E-state index in [0.717, 1.165) is 48.7 Å². The number of para-hydroxylation sites is 1. The number of hydrogen-bond acceptors (Lipinski definition) is 3. The molecule has 4 heteroatoms. The van der Waals surface area contributed by atoms with Crippen molar-refractivity contribution < 1.29 is 4.79 Å². The molecule has 1 aromatic heterocycles. The summed E-state index contributed by atoms with van der Waals surface area (Å²) in [7, 11) is 0. The highest BCUT2D eigenvalue weighted by atomic mass is 16.2. The van der Waals surface area contributed by atoms with Crippen molar-refractivity contribution in [3.63, 3.8) is 0 Å². The average molecular weight is 293 g/mol. The van der Waals surface area contributed by atoms with Crippen molar-refractivity contribution in [2.24, 2.45) is 0 Å². The standard InChI is InChI=1S/C18H19N3O/c1-13-5-4-6-14(19-13)11-21-10-9-18(12-21)15-7-2-3-8-16(15)20-17(18)22/h2-8H,9-12H2,1H3,(H,20,22)/t18-/m0/s1. The molecule has 4 rings (SSSR count). The highest BCUT2D eigenvalue weighted by Crippen LogP contribution is 2.44. The van der Waals surface area contributed by atoms with Crippen molar-refractivity contribution in [2.45, 2.75) is 25.3 Å². The van der Waals surface area contributed by atoms with Crippen LogP contribution < -0.4 is 5.32 Å². The zero-order valence-corrected chi connectivity index (χ0v) is 12.7. The largest absolute Gasteiger partial charge is 0.325 e. The maximum Gasteiger partial charge on any atom is 0.236 e. The van der Waals surface area contributed by atoms with E-state index in [1.165, 1.54) is 0 Å². The molecular formula is C18H19N3O. The number of nitrogens with one attached hydrogen (secondary N) is 1. The van der Waals surface area contributed by atoms with Gasteiger partial charge in [0, 0.05) is 31.0 Å². The minimum atomic E-state index is -0.375. The van der Waals surface area contributed by atoms with Crippen LogP contribution in [0.3, 0.4) is 0 Å². The molecule has 1 spiro atoms. The summed E-state index contributed by atoms with van der Waals surface area (Å²) in [4.78, 5) is 19.5. The van der Waals surface area contributed by atoms with Gasteiger partial charge in [0.1, 0.15) is 0 Å². The zero-order valence-electron chi connectivity index (χ0n) is 12.7. The Kier molecular flexibility index (Phi) is 3.01. The topological polar surface area (TPSA) is 45.2 Å². The van der Waals surface area contributed by atoms with Gasteiger partial charge in [0.25, 0.3) is 0 Å². The molecule has 0 bridgehead atoms. The summed E-state index contributed by atoms with van der Waals surface area (Å²) in [5, 5.41) is 3.04. The van der Waals surface area contributed by atoms with Crippen LogP contribution in [0, 0.1) is 6.92 Å². The Morgan fingerprint density at radius 3 is 2.95 bits per heavy atom. The Bertz CT molecular complexity index is 743. The second kappa shape index (κ2) is 4.92. The second-order valence-corrected chi connectivity index (χ2v) is 6.31. The summed E-state index contributed by atoms with van der Waals surface area (Å²) in [5.41, 5.74) is 3.86. The molecule has 1 amide bonds. The number of aryl methyl sites for hydroxylation is 1. The van der Waals surface area contributed by atoms with E-state index >= 15 is 0 Å². The molecule has 1 fully saturated rings. The number of carbonyl (C=O) groups is 1.